The lowest BCUT2D eigenvalue weighted by Crippen LogP contribution is -2.31. The Kier molecular flexibility index (Phi) is 8.22. The van der Waals surface area contributed by atoms with Gasteiger partial charge in [-0.15, -0.1) is 0 Å². The van der Waals surface area contributed by atoms with Crippen molar-refractivity contribution >= 4 is 16.9 Å². The van der Waals surface area contributed by atoms with E-state index in [1.54, 1.807) is 26.2 Å². The molecule has 1 unspecified atom stereocenters. The van der Waals surface area contributed by atoms with Crippen LogP contribution in [0.2, 0.25) is 0 Å². The zero-order valence-electron chi connectivity index (χ0n) is 26.0. The Balaban J connectivity index is 1.42. The number of methoxy groups -OCH3 is 3. The molecule has 2 heterocycles. The third kappa shape index (κ3) is 5.59. The Morgan fingerprint density at radius 1 is 0.756 bits per heavy atom. The number of nitrogens with zero attached hydrogens (tertiary/aromatic N) is 1. The molecule has 6 rings (SSSR count). The van der Waals surface area contributed by atoms with Crippen LogP contribution in [0.3, 0.4) is 0 Å². The monoisotopic (exact) mass is 605 g/mol. The molecule has 1 atom stereocenters. The molecule has 45 heavy (non-hydrogen) atoms. The van der Waals surface area contributed by atoms with Crippen molar-refractivity contribution in [2.45, 2.75) is 32.9 Å². The molecule has 0 saturated carbocycles. The average molecular weight is 606 g/mol. The predicted molar refractivity (Wildman–Crippen MR) is 172 cm³/mol. The minimum absolute atomic E-state index is 0.0696. The number of rotatable bonds is 10. The number of hydrogen-bond acceptors (Lipinski definition) is 7. The van der Waals surface area contributed by atoms with E-state index in [-0.39, 0.29) is 17.1 Å². The van der Waals surface area contributed by atoms with Crippen molar-refractivity contribution in [3.05, 3.63) is 128 Å². The Labute approximate surface area is 261 Å². The summed E-state index contributed by atoms with van der Waals surface area (Å²) in [6.45, 7) is 4.52. The van der Waals surface area contributed by atoms with Crippen molar-refractivity contribution in [2.75, 3.05) is 27.9 Å². The van der Waals surface area contributed by atoms with Gasteiger partial charge >= 0.3 is 0 Å². The fraction of sp³-hybridized carbons (Fsp3) is 0.243. The van der Waals surface area contributed by atoms with E-state index in [0.29, 0.717) is 64.7 Å². The van der Waals surface area contributed by atoms with Crippen LogP contribution in [0.4, 0.5) is 0 Å². The number of benzene rings is 4. The maximum absolute atomic E-state index is 14.2. The van der Waals surface area contributed by atoms with E-state index < -0.39 is 6.04 Å². The van der Waals surface area contributed by atoms with Gasteiger partial charge in [-0.3, -0.25) is 9.59 Å². The highest BCUT2D eigenvalue weighted by Crippen LogP contribution is 2.42. The summed E-state index contributed by atoms with van der Waals surface area (Å²) >= 11 is 0. The molecule has 1 aromatic heterocycles. The van der Waals surface area contributed by atoms with Gasteiger partial charge in [0.1, 0.15) is 12.2 Å². The smallest absolute Gasteiger partial charge is 0.290 e. The number of aryl methyl sites for hydroxylation is 2. The molecule has 0 fully saturated rings. The van der Waals surface area contributed by atoms with Gasteiger partial charge in [0.15, 0.2) is 28.4 Å². The Bertz CT molecular complexity index is 1950. The molecule has 8 heteroatoms. The Morgan fingerprint density at radius 3 is 2.20 bits per heavy atom. The lowest BCUT2D eigenvalue weighted by Gasteiger charge is -2.26. The summed E-state index contributed by atoms with van der Waals surface area (Å²) in [6.07, 6.45) is 0.512. The van der Waals surface area contributed by atoms with E-state index in [1.165, 1.54) is 0 Å². The summed E-state index contributed by atoms with van der Waals surface area (Å²) in [5, 5.41) is 0.459. The molecule has 0 bridgehead atoms. The molecule has 1 aliphatic heterocycles. The van der Waals surface area contributed by atoms with E-state index in [0.717, 1.165) is 22.3 Å². The number of carbonyl (C=O) groups is 1. The molecule has 0 spiro atoms. The molecular formula is C37H35NO7. The molecule has 0 N–H and O–H groups in total. The van der Waals surface area contributed by atoms with Crippen molar-refractivity contribution in [2.24, 2.45) is 0 Å². The standard InChI is InChI=1S/C37H35NO7/c1-22-17-23(2)35-27(18-22)34(39)32-33(26-12-14-29(31(20-26)43-5)44-21-25-9-7-6-8-10-25)38(37(40)36(32)45-35)16-15-24-11-13-28(41-3)30(19-24)42-4/h6-14,17-20,33H,15-16,21H2,1-5H3. The molecule has 8 nitrogen and oxygen atoms in total. The summed E-state index contributed by atoms with van der Waals surface area (Å²) in [5.74, 6) is 2.02. The highest BCUT2D eigenvalue weighted by Gasteiger charge is 2.43. The lowest BCUT2D eigenvalue weighted by atomic mass is 9.96. The summed E-state index contributed by atoms with van der Waals surface area (Å²) < 4.78 is 29.0. The quantitative estimate of drug-likeness (QED) is 0.173. The minimum Gasteiger partial charge on any atom is -0.493 e. The first-order valence-electron chi connectivity index (χ1n) is 14.8. The number of hydrogen-bond donors (Lipinski definition) is 0. The van der Waals surface area contributed by atoms with Crippen LogP contribution in [0.1, 0.15) is 50.0 Å². The molecule has 0 saturated heterocycles. The van der Waals surface area contributed by atoms with Crippen LogP contribution in [0.15, 0.2) is 88.1 Å². The molecule has 4 aromatic carbocycles. The predicted octanol–water partition coefficient (Wildman–Crippen LogP) is 6.80. The van der Waals surface area contributed by atoms with E-state index >= 15 is 0 Å². The van der Waals surface area contributed by atoms with Gasteiger partial charge in [0.2, 0.25) is 5.76 Å². The summed E-state index contributed by atoms with van der Waals surface area (Å²) in [7, 11) is 4.75. The van der Waals surface area contributed by atoms with Gasteiger partial charge in [-0.1, -0.05) is 48.5 Å². The maximum Gasteiger partial charge on any atom is 0.290 e. The second-order valence-electron chi connectivity index (χ2n) is 11.2. The van der Waals surface area contributed by atoms with Gasteiger partial charge in [-0.05, 0) is 78.4 Å². The van der Waals surface area contributed by atoms with Crippen LogP contribution in [-0.2, 0) is 13.0 Å². The molecule has 1 aliphatic rings. The SMILES string of the molecule is COc1ccc(CCN2C(=O)c3oc4c(C)cc(C)cc4c(=O)c3C2c2ccc(OCc3ccccc3)c(OC)c2)cc1OC. The summed E-state index contributed by atoms with van der Waals surface area (Å²) in [4.78, 5) is 30.0. The van der Waals surface area contributed by atoms with Crippen LogP contribution < -0.4 is 24.4 Å². The van der Waals surface area contributed by atoms with Crippen LogP contribution in [0, 0.1) is 13.8 Å². The number of ether oxygens (including phenoxy) is 4. The Hall–Kier alpha value is -5.24. The van der Waals surface area contributed by atoms with Gasteiger partial charge < -0.3 is 28.3 Å². The summed E-state index contributed by atoms with van der Waals surface area (Å²) in [6, 6.07) is 24.2. The molecule has 0 aliphatic carbocycles. The first-order valence-corrected chi connectivity index (χ1v) is 14.8. The number of fused-ring (bicyclic) bond motifs is 2. The largest absolute Gasteiger partial charge is 0.493 e. The van der Waals surface area contributed by atoms with E-state index in [9.17, 15) is 9.59 Å². The van der Waals surface area contributed by atoms with Gasteiger partial charge in [0, 0.05) is 6.54 Å². The van der Waals surface area contributed by atoms with Crippen molar-refractivity contribution in [1.29, 1.82) is 0 Å². The van der Waals surface area contributed by atoms with Gasteiger partial charge in [0.25, 0.3) is 5.91 Å². The fourth-order valence-corrected chi connectivity index (χ4v) is 6.05. The van der Waals surface area contributed by atoms with Gasteiger partial charge in [0.05, 0.1) is 38.3 Å². The molecule has 1 amide bonds. The van der Waals surface area contributed by atoms with Crippen LogP contribution in [0.5, 0.6) is 23.0 Å². The second kappa shape index (κ2) is 12.4. The van der Waals surface area contributed by atoms with Crippen molar-refractivity contribution in [1.82, 2.24) is 4.90 Å². The molecule has 0 radical (unpaired) electrons. The van der Waals surface area contributed by atoms with Gasteiger partial charge in [-0.25, -0.2) is 0 Å². The van der Waals surface area contributed by atoms with E-state index in [1.807, 2.05) is 92.7 Å². The van der Waals surface area contributed by atoms with Crippen LogP contribution >= 0.6 is 0 Å². The van der Waals surface area contributed by atoms with E-state index in [4.69, 9.17) is 23.4 Å². The van der Waals surface area contributed by atoms with Crippen molar-refractivity contribution < 1.29 is 28.2 Å². The normalized spacial score (nSPS) is 14.0. The zero-order chi connectivity index (χ0) is 31.7. The highest BCUT2D eigenvalue weighted by molar-refractivity contribution is 5.99. The third-order valence-electron chi connectivity index (χ3n) is 8.23. The number of amides is 1. The molecule has 230 valence electrons. The third-order valence-corrected chi connectivity index (χ3v) is 8.23. The second-order valence-corrected chi connectivity index (χ2v) is 11.2. The maximum atomic E-state index is 14.2. The van der Waals surface area contributed by atoms with E-state index in [2.05, 4.69) is 0 Å². The topological polar surface area (TPSA) is 87.4 Å². The molecule has 5 aromatic rings. The zero-order valence-corrected chi connectivity index (χ0v) is 26.0. The van der Waals surface area contributed by atoms with Crippen molar-refractivity contribution in [3.63, 3.8) is 0 Å². The Morgan fingerprint density at radius 2 is 1.47 bits per heavy atom. The lowest BCUT2D eigenvalue weighted by molar-refractivity contribution is 0.0729. The summed E-state index contributed by atoms with van der Waals surface area (Å²) in [5.41, 5.74) is 4.98. The highest BCUT2D eigenvalue weighted by atomic mass is 16.5. The van der Waals surface area contributed by atoms with Crippen LogP contribution in [-0.4, -0.2) is 38.7 Å². The molecular weight excluding hydrogens is 570 g/mol. The fourth-order valence-electron chi connectivity index (χ4n) is 6.05. The minimum atomic E-state index is -0.689. The van der Waals surface area contributed by atoms with Crippen molar-refractivity contribution in [3.8, 4) is 23.0 Å². The first-order chi connectivity index (χ1) is 21.8. The number of carbonyl (C=O) groups excluding carboxylic acids is 1. The average Bonchev–Trinajstić information content (AvgIpc) is 3.34. The van der Waals surface area contributed by atoms with Crippen LogP contribution in [0.25, 0.3) is 11.0 Å². The van der Waals surface area contributed by atoms with Gasteiger partial charge in [-0.2, -0.15) is 0 Å². The first kappa shape index (κ1) is 29.8.